The quantitative estimate of drug-likeness (QED) is 0.587. The van der Waals surface area contributed by atoms with Crippen LogP contribution in [0.15, 0.2) is 0 Å². The number of nitrogens with one attached hydrogen (secondary N) is 1. The van der Waals surface area contributed by atoms with Crippen molar-refractivity contribution in [3.63, 3.8) is 0 Å². The van der Waals surface area contributed by atoms with Gasteiger partial charge in [0.25, 0.3) is 0 Å². The van der Waals surface area contributed by atoms with Crippen LogP contribution in [0.4, 0.5) is 4.79 Å². The Balaban J connectivity index is 3.21. The minimum Gasteiger partial charge on any atom is -0.448 e. The summed E-state index contributed by atoms with van der Waals surface area (Å²) in [5, 5.41) is 3.21. The number of carbonyl (C=O) groups excluding carboxylic acids is 1. The smallest absolute Gasteiger partial charge is 0.404 e. The van der Waals surface area contributed by atoms with Gasteiger partial charge in [0.05, 0.1) is 0 Å². The van der Waals surface area contributed by atoms with Crippen molar-refractivity contribution in [3.05, 3.63) is 0 Å². The Kier molecular flexibility index (Phi) is 6.47. The molecule has 0 fully saturated rings. The van der Waals surface area contributed by atoms with E-state index in [4.69, 9.17) is 5.73 Å². The van der Waals surface area contributed by atoms with Gasteiger partial charge in [0.15, 0.2) is 0 Å². The van der Waals surface area contributed by atoms with Gasteiger partial charge >= 0.3 is 6.09 Å². The monoisotopic (exact) mass is 174 g/mol. The van der Waals surface area contributed by atoms with Gasteiger partial charge in [0.2, 0.25) is 0 Å². The lowest BCUT2D eigenvalue weighted by Gasteiger charge is -2.12. The summed E-state index contributed by atoms with van der Waals surface area (Å²) in [5.74, 6) is 0. The van der Waals surface area contributed by atoms with Gasteiger partial charge in [0.1, 0.15) is 6.61 Å². The third-order valence-electron chi connectivity index (χ3n) is 1.50. The van der Waals surface area contributed by atoms with Crippen molar-refractivity contribution in [1.29, 1.82) is 0 Å². The Labute approximate surface area is 73.5 Å². The second-order valence-electron chi connectivity index (χ2n) is 2.84. The molecule has 1 atom stereocenters. The molecule has 12 heavy (non-hydrogen) atoms. The van der Waals surface area contributed by atoms with Crippen LogP contribution in [0, 0.1) is 0 Å². The number of hydrogen-bond donors (Lipinski definition) is 2. The normalized spacial score (nSPS) is 12.5. The molecule has 4 heteroatoms. The van der Waals surface area contributed by atoms with Crippen LogP contribution >= 0.6 is 0 Å². The van der Waals surface area contributed by atoms with Crippen LogP contribution < -0.4 is 11.1 Å². The lowest BCUT2D eigenvalue weighted by Crippen LogP contribution is -2.33. The van der Waals surface area contributed by atoms with E-state index in [1.165, 1.54) is 0 Å². The molecule has 0 aromatic rings. The van der Waals surface area contributed by atoms with Crippen molar-refractivity contribution < 1.29 is 9.53 Å². The lowest BCUT2D eigenvalue weighted by atomic mass is 10.3. The topological polar surface area (TPSA) is 64.3 Å². The Morgan fingerprint density at radius 1 is 1.67 bits per heavy atom. The molecular weight excluding hydrogens is 156 g/mol. The van der Waals surface area contributed by atoms with Gasteiger partial charge < -0.3 is 15.8 Å². The second-order valence-corrected chi connectivity index (χ2v) is 2.84. The minimum absolute atomic E-state index is 0.184. The maximum absolute atomic E-state index is 10.2. The fourth-order valence-electron chi connectivity index (χ4n) is 0.791. The van der Waals surface area contributed by atoms with Crippen LogP contribution in [0.5, 0.6) is 0 Å². The summed E-state index contributed by atoms with van der Waals surface area (Å²) in [4.78, 5) is 10.2. The van der Waals surface area contributed by atoms with Crippen LogP contribution in [0.1, 0.15) is 26.7 Å². The van der Waals surface area contributed by atoms with Gasteiger partial charge in [-0.1, -0.05) is 13.3 Å². The molecule has 72 valence electrons. The van der Waals surface area contributed by atoms with E-state index in [2.05, 4.69) is 17.0 Å². The summed E-state index contributed by atoms with van der Waals surface area (Å²) < 4.78 is 4.61. The lowest BCUT2D eigenvalue weighted by molar-refractivity contribution is 0.146. The van der Waals surface area contributed by atoms with Crippen molar-refractivity contribution in [2.24, 2.45) is 5.73 Å². The average molecular weight is 174 g/mol. The molecule has 0 aliphatic carbocycles. The highest BCUT2D eigenvalue weighted by molar-refractivity contribution is 5.64. The Morgan fingerprint density at radius 2 is 2.33 bits per heavy atom. The number of hydrogen-bond acceptors (Lipinski definition) is 3. The first-order chi connectivity index (χ1) is 5.66. The molecular formula is C8H18N2O2. The van der Waals surface area contributed by atoms with Crippen LogP contribution in [-0.2, 0) is 4.74 Å². The molecule has 0 aliphatic heterocycles. The standard InChI is InChI=1S/C8H18N2O2/c1-3-4-5-10-7(2)6-12-8(9)11/h7,10H,3-6H2,1-2H3,(H2,9,11). The molecule has 0 radical (unpaired) electrons. The highest BCUT2D eigenvalue weighted by Gasteiger charge is 2.01. The van der Waals surface area contributed by atoms with Crippen LogP contribution in [0.3, 0.4) is 0 Å². The highest BCUT2D eigenvalue weighted by Crippen LogP contribution is 1.87. The van der Waals surface area contributed by atoms with Crippen molar-refractivity contribution in [1.82, 2.24) is 5.32 Å². The molecule has 0 saturated carbocycles. The number of ether oxygens (including phenoxy) is 1. The van der Waals surface area contributed by atoms with Gasteiger partial charge in [-0.2, -0.15) is 0 Å². The molecule has 0 heterocycles. The molecule has 0 rings (SSSR count). The van der Waals surface area contributed by atoms with Crippen molar-refractivity contribution in [3.8, 4) is 0 Å². The number of unbranched alkanes of at least 4 members (excludes halogenated alkanes) is 1. The molecule has 0 bridgehead atoms. The first kappa shape index (κ1) is 11.2. The zero-order valence-corrected chi connectivity index (χ0v) is 7.80. The highest BCUT2D eigenvalue weighted by atomic mass is 16.5. The van der Waals surface area contributed by atoms with Gasteiger partial charge in [-0.15, -0.1) is 0 Å². The number of primary amides is 1. The minimum atomic E-state index is -0.709. The number of carbonyl (C=O) groups is 1. The molecule has 0 saturated heterocycles. The first-order valence-electron chi connectivity index (χ1n) is 4.32. The van der Waals surface area contributed by atoms with E-state index in [9.17, 15) is 4.79 Å². The van der Waals surface area contributed by atoms with Gasteiger partial charge in [0, 0.05) is 6.04 Å². The van der Waals surface area contributed by atoms with E-state index in [0.29, 0.717) is 6.61 Å². The molecule has 0 aliphatic rings. The van der Waals surface area contributed by atoms with Crippen LogP contribution in [0.2, 0.25) is 0 Å². The molecule has 1 amide bonds. The number of nitrogens with two attached hydrogens (primary N) is 1. The molecule has 4 nitrogen and oxygen atoms in total. The molecule has 0 aromatic heterocycles. The van der Waals surface area contributed by atoms with Crippen molar-refractivity contribution in [2.45, 2.75) is 32.7 Å². The fraction of sp³-hybridized carbons (Fsp3) is 0.875. The summed E-state index contributed by atoms with van der Waals surface area (Å²) in [6.07, 6.45) is 1.59. The number of amides is 1. The van der Waals surface area contributed by atoms with E-state index in [-0.39, 0.29) is 6.04 Å². The Morgan fingerprint density at radius 3 is 2.83 bits per heavy atom. The summed E-state index contributed by atoms with van der Waals surface area (Å²) in [7, 11) is 0. The molecule has 0 aromatic carbocycles. The van der Waals surface area contributed by atoms with Gasteiger partial charge in [-0.3, -0.25) is 0 Å². The number of rotatable bonds is 6. The molecule has 0 spiro atoms. The zero-order chi connectivity index (χ0) is 9.40. The Bertz CT molecular complexity index is 128. The van der Waals surface area contributed by atoms with E-state index >= 15 is 0 Å². The Hall–Kier alpha value is -0.770. The van der Waals surface area contributed by atoms with Gasteiger partial charge in [-0.25, -0.2) is 4.79 Å². The predicted molar refractivity (Wildman–Crippen MR) is 47.9 cm³/mol. The van der Waals surface area contributed by atoms with Crippen molar-refractivity contribution >= 4 is 6.09 Å². The van der Waals surface area contributed by atoms with Gasteiger partial charge in [-0.05, 0) is 19.9 Å². The largest absolute Gasteiger partial charge is 0.448 e. The van der Waals surface area contributed by atoms with E-state index in [1.807, 2.05) is 6.92 Å². The first-order valence-corrected chi connectivity index (χ1v) is 4.32. The third kappa shape index (κ3) is 7.34. The summed E-state index contributed by atoms with van der Waals surface area (Å²) >= 11 is 0. The second kappa shape index (κ2) is 6.91. The van der Waals surface area contributed by atoms with E-state index in [0.717, 1.165) is 19.4 Å². The summed E-state index contributed by atoms with van der Waals surface area (Å²) in [6, 6.07) is 0.184. The molecule has 3 N–H and O–H groups in total. The maximum Gasteiger partial charge on any atom is 0.404 e. The fourth-order valence-corrected chi connectivity index (χ4v) is 0.791. The van der Waals surface area contributed by atoms with Crippen LogP contribution in [-0.4, -0.2) is 25.3 Å². The summed E-state index contributed by atoms with van der Waals surface area (Å²) in [5.41, 5.74) is 4.81. The average Bonchev–Trinajstić information content (AvgIpc) is 2.01. The van der Waals surface area contributed by atoms with E-state index < -0.39 is 6.09 Å². The predicted octanol–water partition coefficient (Wildman–Crippen LogP) is 0.860. The SMILES string of the molecule is CCCCNC(C)COC(N)=O. The van der Waals surface area contributed by atoms with E-state index in [1.54, 1.807) is 0 Å². The third-order valence-corrected chi connectivity index (χ3v) is 1.50. The van der Waals surface area contributed by atoms with Crippen molar-refractivity contribution in [2.75, 3.05) is 13.2 Å². The summed E-state index contributed by atoms with van der Waals surface area (Å²) in [6.45, 7) is 5.39. The maximum atomic E-state index is 10.2. The van der Waals surface area contributed by atoms with Crippen LogP contribution in [0.25, 0.3) is 0 Å². The zero-order valence-electron chi connectivity index (χ0n) is 7.80. The molecule has 1 unspecified atom stereocenters.